The van der Waals surface area contributed by atoms with Crippen LogP contribution in [0, 0.1) is 0 Å². The van der Waals surface area contributed by atoms with Crippen molar-refractivity contribution in [2.75, 3.05) is 13.7 Å². The van der Waals surface area contributed by atoms with Gasteiger partial charge in [0.2, 0.25) is 0 Å². The Kier molecular flexibility index (Phi) is 8.29. The summed E-state index contributed by atoms with van der Waals surface area (Å²) >= 11 is 0. The molecule has 1 saturated heterocycles. The van der Waals surface area contributed by atoms with E-state index in [2.05, 4.69) is 69.3 Å². The number of ether oxygens (including phenoxy) is 2. The summed E-state index contributed by atoms with van der Waals surface area (Å²) in [5.41, 5.74) is 0.958. The summed E-state index contributed by atoms with van der Waals surface area (Å²) in [4.78, 5) is 15.0. The fourth-order valence-electron chi connectivity index (χ4n) is 5.29. The van der Waals surface area contributed by atoms with Crippen LogP contribution in [0.25, 0.3) is 0 Å². The van der Waals surface area contributed by atoms with Gasteiger partial charge in [-0.05, 0) is 33.8 Å². The minimum Gasteiger partial charge on any atom is -0.444 e. The minimum absolute atomic E-state index is 0.125. The smallest absolute Gasteiger partial charge is 0.412 e. The van der Waals surface area contributed by atoms with Crippen molar-refractivity contribution < 1.29 is 18.7 Å². The molecule has 0 spiro atoms. The first-order valence-electron chi connectivity index (χ1n) is 12.6. The molecule has 2 atom stereocenters. The standard InChI is InChI=1S/C30H37NO4Si/c1-30(2,3)36(26-16-10-6-11-17-26,27-18-12-7-13-19-27)35-23-25-20-21-28(33-4)31(25)29(32)34-22-24-14-8-5-9-15-24/h5-19,25,28H,20-23H2,1-4H3/t25-,28?/m0/s1. The zero-order valence-corrected chi connectivity index (χ0v) is 22.7. The van der Waals surface area contributed by atoms with Gasteiger partial charge in [-0.2, -0.15) is 0 Å². The summed E-state index contributed by atoms with van der Waals surface area (Å²) in [5.74, 6) is 0. The van der Waals surface area contributed by atoms with Gasteiger partial charge in [0.15, 0.2) is 0 Å². The molecule has 5 nitrogen and oxygen atoms in total. The molecule has 6 heteroatoms. The van der Waals surface area contributed by atoms with Gasteiger partial charge in [0.25, 0.3) is 8.32 Å². The number of nitrogens with zero attached hydrogens (tertiary/aromatic N) is 1. The van der Waals surface area contributed by atoms with Crippen molar-refractivity contribution in [1.82, 2.24) is 4.90 Å². The molecule has 1 fully saturated rings. The molecule has 1 aliphatic heterocycles. The van der Waals surface area contributed by atoms with Gasteiger partial charge in [0, 0.05) is 7.11 Å². The van der Waals surface area contributed by atoms with Gasteiger partial charge in [0.1, 0.15) is 12.8 Å². The molecule has 0 N–H and O–H groups in total. The second-order valence-corrected chi connectivity index (χ2v) is 14.6. The third-order valence-electron chi connectivity index (χ3n) is 7.05. The molecule has 0 radical (unpaired) electrons. The molecule has 0 aliphatic carbocycles. The molecular weight excluding hydrogens is 466 g/mol. The van der Waals surface area contributed by atoms with E-state index < -0.39 is 8.32 Å². The monoisotopic (exact) mass is 503 g/mol. The van der Waals surface area contributed by atoms with Crippen LogP contribution in [-0.2, 0) is 20.5 Å². The lowest BCUT2D eigenvalue weighted by atomic mass is 10.2. The number of hydrogen-bond acceptors (Lipinski definition) is 4. The van der Waals surface area contributed by atoms with Crippen molar-refractivity contribution in [3.63, 3.8) is 0 Å². The van der Waals surface area contributed by atoms with Crippen molar-refractivity contribution in [2.45, 2.75) is 57.5 Å². The van der Waals surface area contributed by atoms with E-state index in [0.29, 0.717) is 6.61 Å². The van der Waals surface area contributed by atoms with E-state index in [0.717, 1.165) is 18.4 Å². The maximum atomic E-state index is 13.2. The zero-order chi connectivity index (χ0) is 25.6. The van der Waals surface area contributed by atoms with Crippen LogP contribution >= 0.6 is 0 Å². The molecular formula is C30H37NO4Si. The number of methoxy groups -OCH3 is 1. The molecule has 3 aromatic carbocycles. The second-order valence-electron chi connectivity index (χ2n) is 10.3. The molecule has 0 aromatic heterocycles. The molecule has 190 valence electrons. The lowest BCUT2D eigenvalue weighted by Gasteiger charge is -2.44. The Bertz CT molecular complexity index is 1060. The Morgan fingerprint density at radius 2 is 1.39 bits per heavy atom. The fourth-order valence-corrected chi connectivity index (χ4v) is 9.88. The Balaban J connectivity index is 1.60. The molecule has 0 saturated carbocycles. The number of benzene rings is 3. The average molecular weight is 504 g/mol. The Morgan fingerprint density at radius 3 is 1.89 bits per heavy atom. The summed E-state index contributed by atoms with van der Waals surface area (Å²) in [5, 5.41) is 2.32. The molecule has 0 bridgehead atoms. The molecule has 36 heavy (non-hydrogen) atoms. The highest BCUT2D eigenvalue weighted by Crippen LogP contribution is 2.38. The summed E-state index contributed by atoms with van der Waals surface area (Å²) in [6, 6.07) is 30.8. The molecule has 1 unspecified atom stereocenters. The van der Waals surface area contributed by atoms with Crippen LogP contribution in [0.15, 0.2) is 91.0 Å². The molecule has 1 heterocycles. The predicted octanol–water partition coefficient (Wildman–Crippen LogP) is 5.34. The molecule has 3 aromatic rings. The van der Waals surface area contributed by atoms with Crippen molar-refractivity contribution in [3.8, 4) is 0 Å². The zero-order valence-electron chi connectivity index (χ0n) is 21.7. The van der Waals surface area contributed by atoms with Crippen LogP contribution in [0.3, 0.4) is 0 Å². The summed E-state index contributed by atoms with van der Waals surface area (Å²) in [7, 11) is -1.06. The highest BCUT2D eigenvalue weighted by atomic mass is 28.4. The van der Waals surface area contributed by atoms with Crippen LogP contribution in [0.2, 0.25) is 5.04 Å². The average Bonchev–Trinajstić information content (AvgIpc) is 3.32. The van der Waals surface area contributed by atoms with E-state index in [1.54, 1.807) is 12.0 Å². The van der Waals surface area contributed by atoms with E-state index in [4.69, 9.17) is 13.9 Å². The third-order valence-corrected chi connectivity index (χ3v) is 12.1. The van der Waals surface area contributed by atoms with E-state index in [9.17, 15) is 4.79 Å². The van der Waals surface area contributed by atoms with Crippen molar-refractivity contribution in [3.05, 3.63) is 96.6 Å². The van der Waals surface area contributed by atoms with Crippen molar-refractivity contribution >= 4 is 24.8 Å². The van der Waals surface area contributed by atoms with Gasteiger partial charge in [-0.3, -0.25) is 4.90 Å². The van der Waals surface area contributed by atoms with Crippen molar-refractivity contribution in [1.29, 1.82) is 0 Å². The van der Waals surface area contributed by atoms with E-state index in [-0.39, 0.29) is 30.0 Å². The Labute approximate surface area is 216 Å². The van der Waals surface area contributed by atoms with Gasteiger partial charge < -0.3 is 13.9 Å². The number of likely N-dealkylation sites (tertiary alicyclic amines) is 1. The highest BCUT2D eigenvalue weighted by molar-refractivity contribution is 6.99. The van der Waals surface area contributed by atoms with E-state index >= 15 is 0 Å². The number of carbonyl (C=O) groups is 1. The maximum absolute atomic E-state index is 13.2. The predicted molar refractivity (Wildman–Crippen MR) is 146 cm³/mol. The van der Waals surface area contributed by atoms with Gasteiger partial charge in [-0.25, -0.2) is 4.79 Å². The van der Waals surface area contributed by atoms with Gasteiger partial charge in [-0.1, -0.05) is 112 Å². The Morgan fingerprint density at radius 1 is 0.861 bits per heavy atom. The number of hydrogen-bond donors (Lipinski definition) is 0. The number of amides is 1. The van der Waals surface area contributed by atoms with Crippen molar-refractivity contribution in [2.24, 2.45) is 0 Å². The van der Waals surface area contributed by atoms with Crippen LogP contribution < -0.4 is 10.4 Å². The summed E-state index contributed by atoms with van der Waals surface area (Å²) in [6.07, 6.45) is 0.878. The SMILES string of the molecule is COC1CC[C@@H](CO[Si](c2ccccc2)(c2ccccc2)C(C)(C)C)N1C(=O)OCc1ccccc1. The van der Waals surface area contributed by atoms with Crippen LogP contribution in [0.4, 0.5) is 4.79 Å². The maximum Gasteiger partial charge on any atom is 0.412 e. The lowest BCUT2D eigenvalue weighted by Crippen LogP contribution is -2.67. The third kappa shape index (κ3) is 5.41. The van der Waals surface area contributed by atoms with Gasteiger partial charge in [0.05, 0.1) is 12.6 Å². The lowest BCUT2D eigenvalue weighted by molar-refractivity contribution is -0.0263. The van der Waals surface area contributed by atoms with Crippen LogP contribution in [0.5, 0.6) is 0 Å². The quantitative estimate of drug-likeness (QED) is 0.390. The number of carbonyl (C=O) groups excluding carboxylic acids is 1. The highest BCUT2D eigenvalue weighted by Gasteiger charge is 2.51. The second kappa shape index (κ2) is 11.4. The largest absolute Gasteiger partial charge is 0.444 e. The van der Waals surface area contributed by atoms with Gasteiger partial charge >= 0.3 is 6.09 Å². The van der Waals surface area contributed by atoms with Crippen LogP contribution in [0.1, 0.15) is 39.2 Å². The van der Waals surface area contributed by atoms with Gasteiger partial charge in [-0.15, -0.1) is 0 Å². The Hall–Kier alpha value is -2.93. The number of rotatable bonds is 8. The first-order chi connectivity index (χ1) is 17.4. The molecule has 1 amide bonds. The first-order valence-corrected chi connectivity index (χ1v) is 14.5. The van der Waals surface area contributed by atoms with Crippen LogP contribution in [-0.4, -0.2) is 45.3 Å². The summed E-state index contributed by atoms with van der Waals surface area (Å²) < 4.78 is 18.5. The first kappa shape index (κ1) is 26.1. The van der Waals surface area contributed by atoms with E-state index in [1.165, 1.54) is 10.4 Å². The fraction of sp³-hybridized carbons (Fsp3) is 0.367. The summed E-state index contributed by atoms with van der Waals surface area (Å²) in [6.45, 7) is 7.44. The van der Waals surface area contributed by atoms with E-state index in [1.807, 2.05) is 42.5 Å². The molecule has 1 aliphatic rings. The topological polar surface area (TPSA) is 48.0 Å². The molecule has 4 rings (SSSR count). The normalized spacial score (nSPS) is 18.3. The minimum atomic E-state index is -2.70.